The second-order valence-corrected chi connectivity index (χ2v) is 5.43. The Morgan fingerprint density at radius 1 is 1.09 bits per heavy atom. The quantitative estimate of drug-likeness (QED) is 0.871. The molecule has 2 aromatic rings. The van der Waals surface area contributed by atoms with Gasteiger partial charge in [-0.2, -0.15) is 0 Å². The number of pyridine rings is 1. The standard InChI is InChI=1S/C17H18FN3O/c18-16-3-1-2-14(12-16)13-20-8-10-21(11-9-20)17(22)15-4-6-19-7-5-15/h1-7,12H,8-11,13H2. The molecule has 0 spiro atoms. The van der Waals surface area contributed by atoms with Gasteiger partial charge < -0.3 is 4.90 Å². The van der Waals surface area contributed by atoms with Crippen molar-refractivity contribution in [2.45, 2.75) is 6.54 Å². The minimum atomic E-state index is -0.205. The molecule has 0 atom stereocenters. The molecule has 2 heterocycles. The number of hydrogen-bond acceptors (Lipinski definition) is 3. The minimum Gasteiger partial charge on any atom is -0.336 e. The molecule has 3 rings (SSSR count). The lowest BCUT2D eigenvalue weighted by atomic mass is 10.1. The highest BCUT2D eigenvalue weighted by Crippen LogP contribution is 2.12. The van der Waals surface area contributed by atoms with Crippen molar-refractivity contribution in [3.8, 4) is 0 Å². The summed E-state index contributed by atoms with van der Waals surface area (Å²) in [5.74, 6) is -0.156. The first-order valence-corrected chi connectivity index (χ1v) is 7.38. The van der Waals surface area contributed by atoms with Gasteiger partial charge in [0.15, 0.2) is 0 Å². The summed E-state index contributed by atoms with van der Waals surface area (Å²) in [6.07, 6.45) is 3.26. The fourth-order valence-electron chi connectivity index (χ4n) is 2.68. The number of rotatable bonds is 3. The Hall–Kier alpha value is -2.27. The van der Waals surface area contributed by atoms with Crippen molar-refractivity contribution < 1.29 is 9.18 Å². The first-order valence-electron chi connectivity index (χ1n) is 7.38. The molecule has 114 valence electrons. The van der Waals surface area contributed by atoms with Crippen molar-refractivity contribution in [3.05, 3.63) is 65.7 Å². The van der Waals surface area contributed by atoms with E-state index >= 15 is 0 Å². The summed E-state index contributed by atoms with van der Waals surface area (Å²) in [6.45, 7) is 3.70. The topological polar surface area (TPSA) is 36.4 Å². The Balaban J connectivity index is 1.55. The smallest absolute Gasteiger partial charge is 0.254 e. The predicted octanol–water partition coefficient (Wildman–Crippen LogP) is 2.18. The van der Waals surface area contributed by atoms with Crippen LogP contribution in [0.2, 0.25) is 0 Å². The van der Waals surface area contributed by atoms with Crippen LogP contribution in [0.1, 0.15) is 15.9 Å². The van der Waals surface area contributed by atoms with Gasteiger partial charge in [0, 0.05) is 50.7 Å². The van der Waals surface area contributed by atoms with E-state index in [1.165, 1.54) is 6.07 Å². The third kappa shape index (κ3) is 3.49. The van der Waals surface area contributed by atoms with E-state index in [1.54, 1.807) is 36.7 Å². The zero-order valence-electron chi connectivity index (χ0n) is 12.3. The highest BCUT2D eigenvalue weighted by molar-refractivity contribution is 5.94. The van der Waals surface area contributed by atoms with Gasteiger partial charge in [0.1, 0.15) is 5.82 Å². The largest absolute Gasteiger partial charge is 0.336 e. The molecule has 1 aromatic carbocycles. The third-order valence-corrected chi connectivity index (χ3v) is 3.88. The second kappa shape index (κ2) is 6.66. The summed E-state index contributed by atoms with van der Waals surface area (Å²) in [6, 6.07) is 10.2. The molecule has 4 nitrogen and oxygen atoms in total. The number of carbonyl (C=O) groups excluding carboxylic acids is 1. The van der Waals surface area contributed by atoms with Crippen LogP contribution in [0.15, 0.2) is 48.8 Å². The van der Waals surface area contributed by atoms with E-state index in [2.05, 4.69) is 9.88 Å². The van der Waals surface area contributed by atoms with E-state index in [-0.39, 0.29) is 11.7 Å². The van der Waals surface area contributed by atoms with Crippen LogP contribution in [-0.2, 0) is 6.54 Å². The van der Waals surface area contributed by atoms with Crippen molar-refractivity contribution in [1.82, 2.24) is 14.8 Å². The molecule has 22 heavy (non-hydrogen) atoms. The number of nitrogens with zero attached hydrogens (tertiary/aromatic N) is 3. The maximum atomic E-state index is 13.2. The van der Waals surface area contributed by atoms with Gasteiger partial charge >= 0.3 is 0 Å². The number of aromatic nitrogens is 1. The monoisotopic (exact) mass is 299 g/mol. The van der Waals surface area contributed by atoms with E-state index in [0.717, 1.165) is 25.2 Å². The first kappa shape index (κ1) is 14.7. The molecule has 0 radical (unpaired) electrons. The van der Waals surface area contributed by atoms with Crippen LogP contribution in [0.5, 0.6) is 0 Å². The van der Waals surface area contributed by atoms with Crippen molar-refractivity contribution in [2.24, 2.45) is 0 Å². The Bertz CT molecular complexity index is 639. The Labute approximate surface area is 129 Å². The molecular formula is C17H18FN3O. The number of halogens is 1. The first-order chi connectivity index (χ1) is 10.7. The average molecular weight is 299 g/mol. The van der Waals surface area contributed by atoms with Crippen LogP contribution in [-0.4, -0.2) is 46.9 Å². The molecule has 0 saturated carbocycles. The second-order valence-electron chi connectivity index (χ2n) is 5.43. The Kier molecular flexibility index (Phi) is 4.44. The molecular weight excluding hydrogens is 281 g/mol. The fraction of sp³-hybridized carbons (Fsp3) is 0.294. The average Bonchev–Trinajstić information content (AvgIpc) is 2.56. The van der Waals surface area contributed by atoms with Crippen LogP contribution in [0.25, 0.3) is 0 Å². The molecule has 1 aromatic heterocycles. The van der Waals surface area contributed by atoms with Gasteiger partial charge in [-0.3, -0.25) is 14.7 Å². The summed E-state index contributed by atoms with van der Waals surface area (Å²) < 4.78 is 13.2. The lowest BCUT2D eigenvalue weighted by molar-refractivity contribution is 0.0628. The van der Waals surface area contributed by atoms with Crippen LogP contribution in [0.4, 0.5) is 4.39 Å². The molecule has 1 aliphatic heterocycles. The predicted molar refractivity (Wildman–Crippen MR) is 81.8 cm³/mol. The minimum absolute atomic E-state index is 0.0489. The number of carbonyl (C=O) groups is 1. The van der Waals surface area contributed by atoms with Crippen molar-refractivity contribution >= 4 is 5.91 Å². The fourth-order valence-corrected chi connectivity index (χ4v) is 2.68. The number of benzene rings is 1. The van der Waals surface area contributed by atoms with E-state index in [4.69, 9.17) is 0 Å². The molecule has 0 unspecified atom stereocenters. The van der Waals surface area contributed by atoms with Gasteiger partial charge in [-0.25, -0.2) is 4.39 Å². The summed E-state index contributed by atoms with van der Waals surface area (Å²) in [4.78, 5) is 20.4. The maximum absolute atomic E-state index is 13.2. The van der Waals surface area contributed by atoms with Crippen LogP contribution < -0.4 is 0 Å². The zero-order chi connectivity index (χ0) is 15.4. The number of piperazine rings is 1. The summed E-state index contributed by atoms with van der Waals surface area (Å²) in [5.41, 5.74) is 1.64. The lowest BCUT2D eigenvalue weighted by Crippen LogP contribution is -2.48. The van der Waals surface area contributed by atoms with Gasteiger partial charge in [0.05, 0.1) is 0 Å². The summed E-state index contributed by atoms with van der Waals surface area (Å²) in [7, 11) is 0. The molecule has 0 bridgehead atoms. The van der Waals surface area contributed by atoms with E-state index in [9.17, 15) is 9.18 Å². The normalized spacial score (nSPS) is 15.8. The van der Waals surface area contributed by atoms with Crippen molar-refractivity contribution in [1.29, 1.82) is 0 Å². The van der Waals surface area contributed by atoms with E-state index in [0.29, 0.717) is 18.7 Å². The Morgan fingerprint density at radius 2 is 1.82 bits per heavy atom. The molecule has 1 saturated heterocycles. The third-order valence-electron chi connectivity index (χ3n) is 3.88. The van der Waals surface area contributed by atoms with Crippen LogP contribution >= 0.6 is 0 Å². The van der Waals surface area contributed by atoms with E-state index in [1.807, 2.05) is 11.0 Å². The lowest BCUT2D eigenvalue weighted by Gasteiger charge is -2.34. The number of amides is 1. The zero-order valence-corrected chi connectivity index (χ0v) is 12.3. The molecule has 1 aliphatic rings. The summed E-state index contributed by atoms with van der Waals surface area (Å²) in [5, 5.41) is 0. The van der Waals surface area contributed by atoms with E-state index < -0.39 is 0 Å². The van der Waals surface area contributed by atoms with Gasteiger partial charge in [0.2, 0.25) is 0 Å². The molecule has 1 fully saturated rings. The van der Waals surface area contributed by atoms with Gasteiger partial charge in [-0.1, -0.05) is 12.1 Å². The Morgan fingerprint density at radius 3 is 2.50 bits per heavy atom. The van der Waals surface area contributed by atoms with Gasteiger partial charge in [-0.15, -0.1) is 0 Å². The SMILES string of the molecule is O=C(c1ccncc1)N1CCN(Cc2cccc(F)c2)CC1. The highest BCUT2D eigenvalue weighted by Gasteiger charge is 2.22. The van der Waals surface area contributed by atoms with Crippen molar-refractivity contribution in [3.63, 3.8) is 0 Å². The summed E-state index contributed by atoms with van der Waals surface area (Å²) >= 11 is 0. The molecule has 0 aliphatic carbocycles. The van der Waals surface area contributed by atoms with Crippen molar-refractivity contribution in [2.75, 3.05) is 26.2 Å². The molecule has 1 amide bonds. The van der Waals surface area contributed by atoms with Crippen LogP contribution in [0, 0.1) is 5.82 Å². The number of hydrogen-bond donors (Lipinski definition) is 0. The van der Waals surface area contributed by atoms with Gasteiger partial charge in [-0.05, 0) is 29.8 Å². The molecule has 5 heteroatoms. The van der Waals surface area contributed by atoms with Gasteiger partial charge in [0.25, 0.3) is 5.91 Å². The van der Waals surface area contributed by atoms with Crippen LogP contribution in [0.3, 0.4) is 0 Å². The molecule has 0 N–H and O–H groups in total. The maximum Gasteiger partial charge on any atom is 0.254 e. The highest BCUT2D eigenvalue weighted by atomic mass is 19.1.